The van der Waals surface area contributed by atoms with E-state index in [-0.39, 0.29) is 12.6 Å². The summed E-state index contributed by atoms with van der Waals surface area (Å²) in [7, 11) is 1.62. The molecule has 30 heavy (non-hydrogen) atoms. The lowest BCUT2D eigenvalue weighted by molar-refractivity contribution is -0.144. The summed E-state index contributed by atoms with van der Waals surface area (Å²) in [5.74, 6) is 0.825. The molecule has 1 aromatic heterocycles. The number of ether oxygens (including phenoxy) is 2. The molecule has 158 valence electrons. The number of hydrogen-bond acceptors (Lipinski definition) is 8. The number of carbonyl (C=O) groups is 1. The Balaban J connectivity index is 1.90. The highest BCUT2D eigenvalue weighted by atomic mass is 16.5. The summed E-state index contributed by atoms with van der Waals surface area (Å²) in [4.78, 5) is 12.0. The summed E-state index contributed by atoms with van der Waals surface area (Å²) in [6.45, 7) is 3.02. The number of methoxy groups -OCH3 is 1. The molecule has 0 aliphatic heterocycles. The highest BCUT2D eigenvalue weighted by Gasteiger charge is 2.23. The lowest BCUT2D eigenvalue weighted by atomic mass is 10.0. The number of hydrogen-bond donors (Lipinski definition) is 2. The predicted octanol–water partition coefficient (Wildman–Crippen LogP) is 1.58. The van der Waals surface area contributed by atoms with Crippen molar-refractivity contribution in [3.05, 3.63) is 71.0 Å². The number of aromatic nitrogens is 4. The summed E-state index contributed by atoms with van der Waals surface area (Å²) < 4.78 is 11.9. The Bertz CT molecular complexity index is 975. The van der Waals surface area contributed by atoms with E-state index in [9.17, 15) is 4.79 Å². The smallest absolute Gasteiger partial charge is 0.327 e. The summed E-state index contributed by atoms with van der Waals surface area (Å²) in [6.07, 6.45) is 0. The number of tetrazole rings is 1. The van der Waals surface area contributed by atoms with Crippen LogP contribution in [0.4, 0.5) is 0 Å². The highest BCUT2D eigenvalue weighted by molar-refractivity contribution is 5.69. The van der Waals surface area contributed by atoms with Gasteiger partial charge >= 0.3 is 5.97 Å². The molecule has 0 aliphatic carbocycles. The normalized spacial score (nSPS) is 11.8. The minimum absolute atomic E-state index is 0.0685. The molecular weight excluding hydrogens is 384 g/mol. The zero-order chi connectivity index (χ0) is 21.3. The fourth-order valence-electron chi connectivity index (χ4n) is 3.13. The van der Waals surface area contributed by atoms with Crippen molar-refractivity contribution in [2.24, 2.45) is 5.73 Å². The van der Waals surface area contributed by atoms with Crippen LogP contribution in [0.15, 0.2) is 48.5 Å². The van der Waals surface area contributed by atoms with E-state index < -0.39 is 5.97 Å². The van der Waals surface area contributed by atoms with Gasteiger partial charge in [0.25, 0.3) is 0 Å². The first kappa shape index (κ1) is 21.4. The van der Waals surface area contributed by atoms with E-state index in [0.717, 1.165) is 16.7 Å². The third-order valence-electron chi connectivity index (χ3n) is 4.57. The van der Waals surface area contributed by atoms with Crippen LogP contribution in [0.3, 0.4) is 0 Å². The molecule has 0 aliphatic rings. The van der Waals surface area contributed by atoms with Gasteiger partial charge in [0.05, 0.1) is 19.8 Å². The van der Waals surface area contributed by atoms with Crippen LogP contribution >= 0.6 is 0 Å². The molecule has 0 amide bonds. The Morgan fingerprint density at radius 3 is 2.77 bits per heavy atom. The number of benzene rings is 2. The Morgan fingerprint density at radius 1 is 1.20 bits per heavy atom. The highest BCUT2D eigenvalue weighted by Crippen LogP contribution is 2.24. The monoisotopic (exact) mass is 410 g/mol. The lowest BCUT2D eigenvalue weighted by Gasteiger charge is -2.19. The van der Waals surface area contributed by atoms with E-state index in [0.29, 0.717) is 31.3 Å². The van der Waals surface area contributed by atoms with Gasteiger partial charge in [-0.2, -0.15) is 0 Å². The first-order valence-corrected chi connectivity index (χ1v) is 9.71. The molecular formula is C21H26N6O3. The largest absolute Gasteiger partial charge is 0.497 e. The van der Waals surface area contributed by atoms with Gasteiger partial charge in [-0.3, -0.25) is 10.1 Å². The third kappa shape index (κ3) is 5.40. The fraction of sp³-hybridized carbons (Fsp3) is 0.333. The van der Waals surface area contributed by atoms with Gasteiger partial charge in [-0.25, -0.2) is 4.68 Å². The van der Waals surface area contributed by atoms with Crippen LogP contribution in [-0.2, 0) is 29.2 Å². The molecule has 0 saturated carbocycles. The van der Waals surface area contributed by atoms with Crippen molar-refractivity contribution >= 4 is 5.97 Å². The number of esters is 1. The van der Waals surface area contributed by atoms with Gasteiger partial charge in [-0.15, -0.1) is 5.10 Å². The maximum absolute atomic E-state index is 12.0. The van der Waals surface area contributed by atoms with E-state index in [4.69, 9.17) is 15.2 Å². The average Bonchev–Trinajstić information content (AvgIpc) is 3.22. The van der Waals surface area contributed by atoms with E-state index in [2.05, 4.69) is 26.9 Å². The molecule has 9 nitrogen and oxygen atoms in total. The summed E-state index contributed by atoms with van der Waals surface area (Å²) >= 11 is 0. The van der Waals surface area contributed by atoms with E-state index in [1.165, 1.54) is 4.68 Å². The maximum atomic E-state index is 12.0. The van der Waals surface area contributed by atoms with Gasteiger partial charge < -0.3 is 15.2 Å². The van der Waals surface area contributed by atoms with Crippen molar-refractivity contribution in [1.29, 1.82) is 0 Å². The second kappa shape index (κ2) is 10.5. The van der Waals surface area contributed by atoms with Gasteiger partial charge in [0.2, 0.25) is 0 Å². The van der Waals surface area contributed by atoms with Crippen LogP contribution in [-0.4, -0.2) is 39.9 Å². The fourth-order valence-corrected chi connectivity index (χ4v) is 3.13. The van der Waals surface area contributed by atoms with Crippen molar-refractivity contribution in [1.82, 2.24) is 25.5 Å². The second-order valence-corrected chi connectivity index (χ2v) is 6.61. The van der Waals surface area contributed by atoms with Gasteiger partial charge in [0, 0.05) is 13.1 Å². The van der Waals surface area contributed by atoms with Gasteiger partial charge in [-0.1, -0.05) is 36.4 Å². The van der Waals surface area contributed by atoms with Crippen molar-refractivity contribution in [2.45, 2.75) is 32.6 Å². The van der Waals surface area contributed by atoms with Crippen LogP contribution in [0.5, 0.6) is 5.75 Å². The van der Waals surface area contributed by atoms with E-state index in [1.807, 2.05) is 42.5 Å². The maximum Gasteiger partial charge on any atom is 0.327 e. The van der Waals surface area contributed by atoms with Crippen LogP contribution in [0.25, 0.3) is 0 Å². The molecule has 1 heterocycles. The first-order valence-electron chi connectivity index (χ1n) is 9.71. The van der Waals surface area contributed by atoms with Gasteiger partial charge in [0.1, 0.15) is 12.3 Å². The van der Waals surface area contributed by atoms with Crippen LogP contribution < -0.4 is 15.8 Å². The van der Waals surface area contributed by atoms with Crippen LogP contribution in [0.1, 0.15) is 35.5 Å². The number of nitrogens with one attached hydrogen (secondary N) is 1. The van der Waals surface area contributed by atoms with Crippen molar-refractivity contribution in [3.8, 4) is 5.75 Å². The zero-order valence-corrected chi connectivity index (χ0v) is 17.1. The first-order chi connectivity index (χ1) is 14.6. The standard InChI is InChI=1S/C21H26N6O3/c1-3-30-19(28)14-27-21(24-25-26-27)20(17-8-5-9-18(11-17)29-2)23-13-16-7-4-6-15(10-16)12-22/h4-11,20,23H,3,12-14,22H2,1-2H3. The summed E-state index contributed by atoms with van der Waals surface area (Å²) in [6, 6.07) is 15.3. The molecule has 9 heteroatoms. The lowest BCUT2D eigenvalue weighted by Crippen LogP contribution is -2.27. The Morgan fingerprint density at radius 2 is 2.00 bits per heavy atom. The SMILES string of the molecule is CCOC(=O)Cn1nnnc1C(NCc1cccc(CN)c1)c1cccc(OC)c1. The molecule has 1 unspecified atom stereocenters. The molecule has 0 fully saturated rings. The molecule has 0 radical (unpaired) electrons. The minimum atomic E-state index is -0.397. The summed E-state index contributed by atoms with van der Waals surface area (Å²) in [5, 5.41) is 15.4. The topological polar surface area (TPSA) is 117 Å². The molecule has 1 atom stereocenters. The number of nitrogens with zero attached hydrogens (tertiary/aromatic N) is 4. The number of carbonyl (C=O) groups excluding carboxylic acids is 1. The second-order valence-electron chi connectivity index (χ2n) is 6.61. The Hall–Kier alpha value is -3.30. The molecule has 3 aromatic rings. The van der Waals surface area contributed by atoms with E-state index >= 15 is 0 Å². The Kier molecular flexibility index (Phi) is 7.47. The molecule has 2 aromatic carbocycles. The minimum Gasteiger partial charge on any atom is -0.497 e. The summed E-state index contributed by atoms with van der Waals surface area (Å²) in [5.41, 5.74) is 8.80. The number of nitrogens with two attached hydrogens (primary N) is 1. The third-order valence-corrected chi connectivity index (χ3v) is 4.57. The zero-order valence-electron chi connectivity index (χ0n) is 17.1. The van der Waals surface area contributed by atoms with Gasteiger partial charge in [-0.05, 0) is 46.2 Å². The predicted molar refractivity (Wildman–Crippen MR) is 110 cm³/mol. The van der Waals surface area contributed by atoms with Gasteiger partial charge in [0.15, 0.2) is 5.82 Å². The van der Waals surface area contributed by atoms with Crippen molar-refractivity contribution in [2.75, 3.05) is 13.7 Å². The molecule has 0 saturated heterocycles. The van der Waals surface area contributed by atoms with Crippen molar-refractivity contribution in [3.63, 3.8) is 0 Å². The quantitative estimate of drug-likeness (QED) is 0.484. The number of rotatable bonds is 10. The van der Waals surface area contributed by atoms with Crippen LogP contribution in [0, 0.1) is 0 Å². The Labute approximate surface area is 175 Å². The average molecular weight is 410 g/mol. The molecule has 3 rings (SSSR count). The molecule has 0 spiro atoms. The van der Waals surface area contributed by atoms with Crippen LogP contribution in [0.2, 0.25) is 0 Å². The molecule has 0 bridgehead atoms. The molecule has 3 N–H and O–H groups in total. The van der Waals surface area contributed by atoms with E-state index in [1.54, 1.807) is 14.0 Å². The van der Waals surface area contributed by atoms with Crippen molar-refractivity contribution < 1.29 is 14.3 Å².